The molecule has 2 aromatic heterocycles. The first-order valence-electron chi connectivity index (χ1n) is 6.69. The molecule has 1 N–H and O–H groups in total. The van der Waals surface area contributed by atoms with Gasteiger partial charge in [-0.2, -0.15) is 0 Å². The Hall–Kier alpha value is -1.60. The molecule has 7 heteroatoms. The normalized spacial score (nSPS) is 10.9. The molecule has 0 aliphatic carbocycles. The first-order chi connectivity index (χ1) is 10.1. The molecule has 0 aliphatic rings. The number of hydrogen-bond acceptors (Lipinski definition) is 6. The van der Waals surface area contributed by atoms with E-state index in [4.69, 9.17) is 9.84 Å². The Morgan fingerprint density at radius 1 is 1.33 bits per heavy atom. The number of methoxy groups -OCH3 is 1. The van der Waals surface area contributed by atoms with Gasteiger partial charge in [-0.05, 0) is 13.8 Å². The van der Waals surface area contributed by atoms with Gasteiger partial charge in [-0.15, -0.1) is 10.2 Å². The molecule has 0 saturated carbocycles. The third kappa shape index (κ3) is 3.36. The van der Waals surface area contributed by atoms with Gasteiger partial charge in [0.15, 0.2) is 5.16 Å². The summed E-state index contributed by atoms with van der Waals surface area (Å²) >= 11 is 1.58. The summed E-state index contributed by atoms with van der Waals surface area (Å²) in [6, 6.07) is 0. The fraction of sp³-hybridized carbons (Fsp3) is 0.500. The third-order valence-electron chi connectivity index (χ3n) is 3.35. The molecule has 0 radical (unpaired) electrons. The van der Waals surface area contributed by atoms with Gasteiger partial charge in [-0.1, -0.05) is 11.8 Å². The second kappa shape index (κ2) is 6.91. The zero-order valence-electron chi connectivity index (χ0n) is 12.8. The van der Waals surface area contributed by atoms with Crippen LogP contribution in [0.25, 0.3) is 0 Å². The number of nitrogens with zero attached hydrogens (tertiary/aromatic N) is 4. The fourth-order valence-corrected chi connectivity index (χ4v) is 3.09. The van der Waals surface area contributed by atoms with Gasteiger partial charge < -0.3 is 14.4 Å². The number of pyridine rings is 1. The predicted octanol–water partition coefficient (Wildman–Crippen LogP) is 1.66. The lowest BCUT2D eigenvalue weighted by molar-refractivity contribution is 0.295. The summed E-state index contributed by atoms with van der Waals surface area (Å²) in [4.78, 5) is 4.48. The third-order valence-corrected chi connectivity index (χ3v) is 4.38. The molecule has 0 amide bonds. The highest BCUT2D eigenvalue weighted by atomic mass is 32.2. The molecule has 0 atom stereocenters. The summed E-state index contributed by atoms with van der Waals surface area (Å²) in [5.41, 5.74) is 3.07. The Morgan fingerprint density at radius 3 is 2.76 bits per heavy atom. The Balaban J connectivity index is 2.13. The van der Waals surface area contributed by atoms with Crippen LogP contribution in [0.5, 0.6) is 5.75 Å². The minimum atomic E-state index is 0.0759. The van der Waals surface area contributed by atoms with Gasteiger partial charge in [0.2, 0.25) is 0 Å². The summed E-state index contributed by atoms with van der Waals surface area (Å²) in [7, 11) is 3.58. The minimum Gasteiger partial charge on any atom is -0.496 e. The molecule has 2 aromatic rings. The van der Waals surface area contributed by atoms with Crippen LogP contribution in [-0.4, -0.2) is 38.6 Å². The highest BCUT2D eigenvalue weighted by Gasteiger charge is 2.13. The lowest BCUT2D eigenvalue weighted by atomic mass is 10.1. The van der Waals surface area contributed by atoms with Crippen LogP contribution in [-0.2, 0) is 19.2 Å². The monoisotopic (exact) mass is 308 g/mol. The van der Waals surface area contributed by atoms with Crippen LogP contribution < -0.4 is 4.74 Å². The Bertz CT molecular complexity index is 628. The van der Waals surface area contributed by atoms with Gasteiger partial charge in [-0.3, -0.25) is 4.98 Å². The number of aromatic nitrogens is 4. The van der Waals surface area contributed by atoms with E-state index < -0.39 is 0 Å². The summed E-state index contributed by atoms with van der Waals surface area (Å²) in [6.07, 6.45) is 2.34. The molecule has 0 saturated heterocycles. The molecule has 0 spiro atoms. The van der Waals surface area contributed by atoms with E-state index in [1.54, 1.807) is 18.9 Å². The van der Waals surface area contributed by atoms with E-state index >= 15 is 0 Å². The Kier molecular flexibility index (Phi) is 5.19. The molecule has 0 unspecified atom stereocenters. The van der Waals surface area contributed by atoms with E-state index in [1.807, 2.05) is 31.7 Å². The molecular formula is C14H20N4O2S. The smallest absolute Gasteiger partial charge is 0.191 e. The van der Waals surface area contributed by atoms with Gasteiger partial charge in [-0.25, -0.2) is 0 Å². The predicted molar refractivity (Wildman–Crippen MR) is 81.6 cm³/mol. The maximum atomic E-state index is 8.97. The first kappa shape index (κ1) is 15.8. The lowest BCUT2D eigenvalue weighted by Crippen LogP contribution is -2.02. The van der Waals surface area contributed by atoms with Crippen molar-refractivity contribution in [2.24, 2.45) is 7.05 Å². The van der Waals surface area contributed by atoms with Crippen LogP contribution >= 0.6 is 11.8 Å². The maximum Gasteiger partial charge on any atom is 0.191 e. The van der Waals surface area contributed by atoms with Crippen molar-refractivity contribution in [2.45, 2.75) is 31.2 Å². The number of hydrogen-bond donors (Lipinski definition) is 1. The topological polar surface area (TPSA) is 73.1 Å². The van der Waals surface area contributed by atoms with Crippen molar-refractivity contribution in [3.63, 3.8) is 0 Å². The van der Waals surface area contributed by atoms with Gasteiger partial charge >= 0.3 is 0 Å². The molecule has 21 heavy (non-hydrogen) atoms. The molecule has 0 aliphatic heterocycles. The zero-order valence-corrected chi connectivity index (χ0v) is 13.6. The quantitative estimate of drug-likeness (QED) is 0.818. The van der Waals surface area contributed by atoms with Crippen LogP contribution in [0.3, 0.4) is 0 Å². The van der Waals surface area contributed by atoms with Crippen molar-refractivity contribution in [2.75, 3.05) is 13.7 Å². The fourth-order valence-electron chi connectivity index (χ4n) is 2.14. The number of aliphatic hydroxyl groups is 1. The van der Waals surface area contributed by atoms with Gasteiger partial charge in [0.25, 0.3) is 0 Å². The SMILES string of the molecule is COc1c(C)cnc(CSc2nnc(CCO)n2C)c1C. The van der Waals surface area contributed by atoms with Crippen molar-refractivity contribution in [1.29, 1.82) is 0 Å². The van der Waals surface area contributed by atoms with Crippen molar-refractivity contribution in [3.8, 4) is 5.75 Å². The van der Waals surface area contributed by atoms with E-state index in [0.29, 0.717) is 12.2 Å². The number of aryl methyl sites for hydroxylation is 1. The second-order valence-electron chi connectivity index (χ2n) is 4.77. The molecule has 114 valence electrons. The number of thioether (sulfide) groups is 1. The van der Waals surface area contributed by atoms with Crippen molar-refractivity contribution >= 4 is 11.8 Å². The number of aliphatic hydroxyl groups excluding tert-OH is 1. The molecule has 0 bridgehead atoms. The van der Waals surface area contributed by atoms with E-state index in [-0.39, 0.29) is 6.61 Å². The van der Waals surface area contributed by atoms with Crippen molar-refractivity contribution in [3.05, 3.63) is 28.8 Å². The Morgan fingerprint density at radius 2 is 2.10 bits per heavy atom. The van der Waals surface area contributed by atoms with Crippen molar-refractivity contribution < 1.29 is 9.84 Å². The van der Waals surface area contributed by atoms with E-state index in [9.17, 15) is 0 Å². The first-order valence-corrected chi connectivity index (χ1v) is 7.68. The summed E-state index contributed by atoms with van der Waals surface area (Å²) in [5, 5.41) is 18.0. The molecular weight excluding hydrogens is 288 g/mol. The molecule has 0 fully saturated rings. The molecule has 0 aromatic carbocycles. The van der Waals surface area contributed by atoms with E-state index in [1.165, 1.54) is 0 Å². The van der Waals surface area contributed by atoms with Crippen LogP contribution in [0.1, 0.15) is 22.6 Å². The number of ether oxygens (including phenoxy) is 1. The maximum absolute atomic E-state index is 8.97. The van der Waals surface area contributed by atoms with Gasteiger partial charge in [0, 0.05) is 36.5 Å². The van der Waals surface area contributed by atoms with Gasteiger partial charge in [0.05, 0.1) is 19.4 Å². The van der Waals surface area contributed by atoms with E-state index in [0.717, 1.165) is 33.6 Å². The average molecular weight is 308 g/mol. The van der Waals surface area contributed by atoms with Crippen LogP contribution in [0.4, 0.5) is 0 Å². The summed E-state index contributed by atoms with van der Waals surface area (Å²) < 4.78 is 7.32. The highest BCUT2D eigenvalue weighted by Crippen LogP contribution is 2.28. The molecule has 2 heterocycles. The van der Waals surface area contributed by atoms with Crippen LogP contribution in [0.15, 0.2) is 11.4 Å². The number of rotatable bonds is 6. The average Bonchev–Trinajstić information content (AvgIpc) is 2.80. The summed E-state index contributed by atoms with van der Waals surface area (Å²) in [5.74, 6) is 2.37. The summed E-state index contributed by atoms with van der Waals surface area (Å²) in [6.45, 7) is 4.08. The largest absolute Gasteiger partial charge is 0.496 e. The van der Waals surface area contributed by atoms with Gasteiger partial charge in [0.1, 0.15) is 11.6 Å². The highest BCUT2D eigenvalue weighted by molar-refractivity contribution is 7.98. The standard InChI is InChI=1S/C14H20N4O2S/c1-9-7-15-11(10(2)13(9)20-4)8-21-14-17-16-12(5-6-19)18(14)3/h7,19H,5-6,8H2,1-4H3. The Labute approximate surface area is 128 Å². The lowest BCUT2D eigenvalue weighted by Gasteiger charge is -2.11. The minimum absolute atomic E-state index is 0.0759. The van der Waals surface area contributed by atoms with Crippen LogP contribution in [0.2, 0.25) is 0 Å². The molecule has 2 rings (SSSR count). The van der Waals surface area contributed by atoms with E-state index in [2.05, 4.69) is 15.2 Å². The van der Waals surface area contributed by atoms with Crippen LogP contribution in [0, 0.1) is 13.8 Å². The van der Waals surface area contributed by atoms with Crippen molar-refractivity contribution in [1.82, 2.24) is 19.7 Å². The second-order valence-corrected chi connectivity index (χ2v) is 5.71. The molecule has 6 nitrogen and oxygen atoms in total. The zero-order chi connectivity index (χ0) is 15.4.